The van der Waals surface area contributed by atoms with E-state index < -0.39 is 0 Å². The fourth-order valence-electron chi connectivity index (χ4n) is 1.50. The van der Waals surface area contributed by atoms with Gasteiger partial charge in [0, 0.05) is 16.6 Å². The molecule has 1 rings (SSSR count). The molecule has 84 valence electrons. The monoisotopic (exact) mass is 271 g/mol. The Morgan fingerprint density at radius 2 is 2.20 bits per heavy atom. The van der Waals surface area contributed by atoms with Gasteiger partial charge in [-0.15, -0.1) is 0 Å². The third-order valence-electron chi connectivity index (χ3n) is 2.13. The van der Waals surface area contributed by atoms with Gasteiger partial charge >= 0.3 is 0 Å². The molecule has 1 atom stereocenters. The van der Waals surface area contributed by atoms with E-state index in [-0.39, 0.29) is 5.54 Å². The Kier molecular flexibility index (Phi) is 4.77. The lowest BCUT2D eigenvalue weighted by atomic mass is 9.95. The Bertz CT molecular complexity index is 312. The molecular formula is C12H18BrNO. The standard InChI is InChI=1S/C12H18BrNO/c1-3-15-9-12(2,14)8-10-5-4-6-11(13)7-10/h4-7H,3,8-9,14H2,1-2H3. The Labute approximate surface area is 99.9 Å². The summed E-state index contributed by atoms with van der Waals surface area (Å²) in [4.78, 5) is 0. The average molecular weight is 272 g/mol. The van der Waals surface area contributed by atoms with Crippen molar-refractivity contribution in [3.8, 4) is 0 Å². The number of ether oxygens (including phenoxy) is 1. The predicted molar refractivity (Wildman–Crippen MR) is 66.9 cm³/mol. The summed E-state index contributed by atoms with van der Waals surface area (Å²) in [5.74, 6) is 0. The van der Waals surface area contributed by atoms with E-state index in [1.807, 2.05) is 26.0 Å². The van der Waals surface area contributed by atoms with E-state index in [0.717, 1.165) is 10.9 Å². The fraction of sp³-hybridized carbons (Fsp3) is 0.500. The maximum Gasteiger partial charge on any atom is 0.0646 e. The highest BCUT2D eigenvalue weighted by atomic mass is 79.9. The number of benzene rings is 1. The molecule has 2 nitrogen and oxygen atoms in total. The van der Waals surface area contributed by atoms with E-state index in [4.69, 9.17) is 10.5 Å². The molecule has 1 aromatic rings. The number of halogens is 1. The lowest BCUT2D eigenvalue weighted by Crippen LogP contribution is -2.43. The van der Waals surface area contributed by atoms with E-state index in [9.17, 15) is 0 Å². The molecule has 2 N–H and O–H groups in total. The minimum atomic E-state index is -0.295. The molecule has 0 heterocycles. The van der Waals surface area contributed by atoms with Gasteiger partial charge in [0.1, 0.15) is 0 Å². The van der Waals surface area contributed by atoms with Crippen LogP contribution in [0.2, 0.25) is 0 Å². The summed E-state index contributed by atoms with van der Waals surface area (Å²) in [6.45, 7) is 5.31. The first-order valence-corrected chi connectivity index (χ1v) is 5.94. The molecule has 0 aliphatic rings. The van der Waals surface area contributed by atoms with E-state index in [1.54, 1.807) is 0 Å². The largest absolute Gasteiger partial charge is 0.380 e. The van der Waals surface area contributed by atoms with Crippen LogP contribution in [-0.2, 0) is 11.2 Å². The summed E-state index contributed by atoms with van der Waals surface area (Å²) in [6.07, 6.45) is 0.826. The van der Waals surface area contributed by atoms with Gasteiger partial charge in [0.15, 0.2) is 0 Å². The van der Waals surface area contributed by atoms with Gasteiger partial charge in [-0.2, -0.15) is 0 Å². The van der Waals surface area contributed by atoms with Crippen molar-refractivity contribution in [1.29, 1.82) is 0 Å². The van der Waals surface area contributed by atoms with E-state index in [0.29, 0.717) is 13.2 Å². The van der Waals surface area contributed by atoms with Crippen LogP contribution < -0.4 is 5.73 Å². The second kappa shape index (κ2) is 5.64. The summed E-state index contributed by atoms with van der Waals surface area (Å²) >= 11 is 3.45. The molecule has 0 aromatic heterocycles. The molecule has 0 saturated carbocycles. The quantitative estimate of drug-likeness (QED) is 0.894. The maximum atomic E-state index is 6.14. The third kappa shape index (κ3) is 4.78. The normalized spacial score (nSPS) is 14.9. The van der Waals surface area contributed by atoms with Gasteiger partial charge < -0.3 is 10.5 Å². The van der Waals surface area contributed by atoms with Crippen molar-refractivity contribution in [3.05, 3.63) is 34.3 Å². The second-order valence-electron chi connectivity index (χ2n) is 4.10. The molecule has 0 spiro atoms. The first-order valence-electron chi connectivity index (χ1n) is 5.14. The van der Waals surface area contributed by atoms with E-state index >= 15 is 0 Å². The second-order valence-corrected chi connectivity index (χ2v) is 5.01. The molecule has 0 fully saturated rings. The van der Waals surface area contributed by atoms with E-state index in [1.165, 1.54) is 5.56 Å². The molecule has 0 aliphatic heterocycles. The molecule has 0 bridgehead atoms. The van der Waals surface area contributed by atoms with Crippen LogP contribution in [0.15, 0.2) is 28.7 Å². The van der Waals surface area contributed by atoms with Crippen LogP contribution in [0.3, 0.4) is 0 Å². The van der Waals surface area contributed by atoms with Crippen molar-refractivity contribution in [2.24, 2.45) is 5.73 Å². The number of hydrogen-bond donors (Lipinski definition) is 1. The van der Waals surface area contributed by atoms with Gasteiger partial charge in [-0.3, -0.25) is 0 Å². The Balaban J connectivity index is 2.60. The highest BCUT2D eigenvalue weighted by Crippen LogP contribution is 2.16. The molecule has 1 aromatic carbocycles. The predicted octanol–water partition coefficient (Wildman–Crippen LogP) is 2.75. The van der Waals surface area contributed by atoms with Crippen LogP contribution in [-0.4, -0.2) is 18.8 Å². The maximum absolute atomic E-state index is 6.14. The van der Waals surface area contributed by atoms with Gasteiger partial charge in [-0.05, 0) is 38.0 Å². The minimum absolute atomic E-state index is 0.295. The minimum Gasteiger partial charge on any atom is -0.380 e. The molecule has 0 saturated heterocycles. The number of hydrogen-bond acceptors (Lipinski definition) is 2. The van der Waals surface area contributed by atoms with E-state index in [2.05, 4.69) is 28.1 Å². The van der Waals surface area contributed by atoms with Crippen molar-refractivity contribution >= 4 is 15.9 Å². The van der Waals surface area contributed by atoms with Gasteiger partial charge in [0.2, 0.25) is 0 Å². The van der Waals surface area contributed by atoms with Gasteiger partial charge in [0.25, 0.3) is 0 Å². The molecule has 0 aliphatic carbocycles. The zero-order valence-electron chi connectivity index (χ0n) is 9.29. The van der Waals surface area contributed by atoms with Crippen molar-refractivity contribution in [1.82, 2.24) is 0 Å². The van der Waals surface area contributed by atoms with Crippen LogP contribution in [0.4, 0.5) is 0 Å². The average Bonchev–Trinajstić information content (AvgIpc) is 2.14. The van der Waals surface area contributed by atoms with Crippen LogP contribution in [0.25, 0.3) is 0 Å². The van der Waals surface area contributed by atoms with Crippen LogP contribution >= 0.6 is 15.9 Å². The summed E-state index contributed by atoms with van der Waals surface area (Å²) in [6, 6.07) is 8.22. The summed E-state index contributed by atoms with van der Waals surface area (Å²) in [7, 11) is 0. The summed E-state index contributed by atoms with van der Waals surface area (Å²) < 4.78 is 6.45. The Morgan fingerprint density at radius 3 is 2.80 bits per heavy atom. The zero-order valence-corrected chi connectivity index (χ0v) is 10.9. The molecule has 1 unspecified atom stereocenters. The zero-order chi connectivity index (χ0) is 11.3. The van der Waals surface area contributed by atoms with Gasteiger partial charge in [-0.1, -0.05) is 28.1 Å². The highest BCUT2D eigenvalue weighted by Gasteiger charge is 2.19. The molecule has 3 heteroatoms. The van der Waals surface area contributed by atoms with Crippen LogP contribution in [0, 0.1) is 0 Å². The smallest absolute Gasteiger partial charge is 0.0646 e. The Hall–Kier alpha value is -0.380. The lowest BCUT2D eigenvalue weighted by Gasteiger charge is -2.24. The van der Waals surface area contributed by atoms with Gasteiger partial charge in [0.05, 0.1) is 6.61 Å². The number of rotatable bonds is 5. The topological polar surface area (TPSA) is 35.2 Å². The van der Waals surface area contributed by atoms with Crippen molar-refractivity contribution in [2.75, 3.05) is 13.2 Å². The highest BCUT2D eigenvalue weighted by molar-refractivity contribution is 9.10. The summed E-state index contributed by atoms with van der Waals surface area (Å²) in [5, 5.41) is 0. The van der Waals surface area contributed by atoms with Crippen LogP contribution in [0.1, 0.15) is 19.4 Å². The lowest BCUT2D eigenvalue weighted by molar-refractivity contribution is 0.101. The first kappa shape index (κ1) is 12.7. The SMILES string of the molecule is CCOCC(C)(N)Cc1cccc(Br)c1. The van der Waals surface area contributed by atoms with Crippen molar-refractivity contribution < 1.29 is 4.74 Å². The fourth-order valence-corrected chi connectivity index (χ4v) is 1.95. The number of nitrogens with two attached hydrogens (primary N) is 1. The van der Waals surface area contributed by atoms with Crippen molar-refractivity contribution in [3.63, 3.8) is 0 Å². The third-order valence-corrected chi connectivity index (χ3v) is 2.63. The molecule has 0 radical (unpaired) electrons. The Morgan fingerprint density at radius 1 is 1.47 bits per heavy atom. The molecular weight excluding hydrogens is 254 g/mol. The molecule has 0 amide bonds. The van der Waals surface area contributed by atoms with Crippen molar-refractivity contribution in [2.45, 2.75) is 25.8 Å². The van der Waals surface area contributed by atoms with Crippen LogP contribution in [0.5, 0.6) is 0 Å². The van der Waals surface area contributed by atoms with Gasteiger partial charge in [-0.25, -0.2) is 0 Å². The molecule has 15 heavy (non-hydrogen) atoms. The summed E-state index contributed by atoms with van der Waals surface area (Å²) in [5.41, 5.74) is 7.08. The first-order chi connectivity index (χ1) is 7.03.